The number of carbonyl (C=O) groups is 4. The van der Waals surface area contributed by atoms with Crippen LogP contribution >= 0.6 is 0 Å². The number of barbiturate groups is 1. The number of hydrogen-bond acceptors (Lipinski definition) is 6. The van der Waals surface area contributed by atoms with E-state index in [-0.39, 0.29) is 17.8 Å². The first-order valence-corrected chi connectivity index (χ1v) is 5.53. The van der Waals surface area contributed by atoms with Gasteiger partial charge in [-0.05, 0) is 18.2 Å². The number of ether oxygens (including phenoxy) is 1. The molecule has 0 unspecified atom stereocenters. The molecule has 104 valence electrons. The Labute approximate surface area is 112 Å². The normalized spacial score (nSPS) is 14.7. The SMILES string of the molecule is COC(=O)Cc1ccc(C=C2C(=O)NC(=O)NC2=O)o1. The third-order valence-corrected chi connectivity index (χ3v) is 2.46. The molecule has 2 rings (SSSR count). The standard InChI is InChI=1S/C12H10N2O6/c1-19-9(15)5-7-3-2-6(20-7)4-8-10(16)13-12(18)14-11(8)17/h2-4H,5H2,1H3,(H2,13,14,16,17,18). The molecule has 1 aliphatic heterocycles. The fraction of sp³-hybridized carbons (Fsp3) is 0.167. The maximum absolute atomic E-state index is 11.5. The van der Waals surface area contributed by atoms with E-state index in [1.807, 2.05) is 10.6 Å². The predicted molar refractivity (Wildman–Crippen MR) is 64.1 cm³/mol. The van der Waals surface area contributed by atoms with Crippen LogP contribution in [0, 0.1) is 0 Å². The third-order valence-electron chi connectivity index (χ3n) is 2.46. The van der Waals surface area contributed by atoms with Crippen molar-refractivity contribution in [1.82, 2.24) is 10.6 Å². The molecule has 0 saturated carbocycles. The van der Waals surface area contributed by atoms with Gasteiger partial charge in [0.2, 0.25) is 0 Å². The fourth-order valence-electron chi connectivity index (χ4n) is 1.53. The van der Waals surface area contributed by atoms with Crippen molar-refractivity contribution in [1.29, 1.82) is 0 Å². The summed E-state index contributed by atoms with van der Waals surface area (Å²) in [6, 6.07) is 2.14. The van der Waals surface area contributed by atoms with Gasteiger partial charge >= 0.3 is 12.0 Å². The van der Waals surface area contributed by atoms with Gasteiger partial charge in [-0.2, -0.15) is 0 Å². The van der Waals surface area contributed by atoms with Crippen LogP contribution in [0.5, 0.6) is 0 Å². The lowest BCUT2D eigenvalue weighted by Gasteiger charge is -2.13. The van der Waals surface area contributed by atoms with E-state index < -0.39 is 23.8 Å². The summed E-state index contributed by atoms with van der Waals surface area (Å²) in [5.41, 5.74) is -0.261. The lowest BCUT2D eigenvalue weighted by atomic mass is 10.1. The molecule has 0 atom stereocenters. The minimum atomic E-state index is -0.872. The number of rotatable bonds is 3. The van der Waals surface area contributed by atoms with E-state index in [2.05, 4.69) is 4.74 Å². The Morgan fingerprint density at radius 2 is 1.90 bits per heavy atom. The van der Waals surface area contributed by atoms with E-state index in [4.69, 9.17) is 4.42 Å². The van der Waals surface area contributed by atoms with Crippen LogP contribution < -0.4 is 10.6 Å². The molecule has 2 N–H and O–H groups in total. The van der Waals surface area contributed by atoms with Crippen molar-refractivity contribution in [3.8, 4) is 0 Å². The molecule has 1 fully saturated rings. The van der Waals surface area contributed by atoms with Crippen LogP contribution in [0.2, 0.25) is 0 Å². The second kappa shape index (κ2) is 5.39. The van der Waals surface area contributed by atoms with Crippen molar-refractivity contribution in [3.63, 3.8) is 0 Å². The quantitative estimate of drug-likeness (QED) is 0.447. The van der Waals surface area contributed by atoms with Crippen LogP contribution in [0.15, 0.2) is 22.1 Å². The van der Waals surface area contributed by atoms with E-state index in [1.54, 1.807) is 0 Å². The number of imide groups is 2. The van der Waals surface area contributed by atoms with Crippen molar-refractivity contribution in [3.05, 3.63) is 29.2 Å². The van der Waals surface area contributed by atoms with Crippen LogP contribution in [0.25, 0.3) is 6.08 Å². The Morgan fingerprint density at radius 1 is 1.25 bits per heavy atom. The first-order valence-electron chi connectivity index (χ1n) is 5.53. The van der Waals surface area contributed by atoms with E-state index >= 15 is 0 Å². The van der Waals surface area contributed by atoms with Crippen LogP contribution in [-0.4, -0.2) is 30.9 Å². The zero-order valence-corrected chi connectivity index (χ0v) is 10.4. The third kappa shape index (κ3) is 2.91. The summed E-state index contributed by atoms with van der Waals surface area (Å²) in [4.78, 5) is 44.9. The van der Waals surface area contributed by atoms with Gasteiger partial charge in [-0.25, -0.2) is 4.79 Å². The largest absolute Gasteiger partial charge is 0.469 e. The summed E-state index contributed by atoms with van der Waals surface area (Å²) < 4.78 is 9.74. The molecule has 8 heteroatoms. The minimum absolute atomic E-state index is 0.0590. The molecule has 8 nitrogen and oxygen atoms in total. The highest BCUT2D eigenvalue weighted by molar-refractivity contribution is 6.30. The first-order chi connectivity index (χ1) is 9.49. The summed E-state index contributed by atoms with van der Waals surface area (Å²) in [6.07, 6.45) is 1.12. The highest BCUT2D eigenvalue weighted by Crippen LogP contribution is 2.14. The zero-order valence-electron chi connectivity index (χ0n) is 10.4. The van der Waals surface area contributed by atoms with E-state index in [9.17, 15) is 19.2 Å². The number of amides is 4. The van der Waals surface area contributed by atoms with Gasteiger partial charge in [-0.3, -0.25) is 25.0 Å². The molecule has 1 aliphatic rings. The number of hydrogen-bond donors (Lipinski definition) is 2. The molecule has 2 heterocycles. The summed E-state index contributed by atoms with van der Waals surface area (Å²) in [5.74, 6) is -1.57. The van der Waals surface area contributed by atoms with Crippen LogP contribution in [-0.2, 0) is 25.5 Å². The smallest absolute Gasteiger partial charge is 0.328 e. The summed E-state index contributed by atoms with van der Waals surface area (Å²) in [5, 5.41) is 3.87. The maximum Gasteiger partial charge on any atom is 0.328 e. The summed E-state index contributed by atoms with van der Waals surface area (Å²) >= 11 is 0. The van der Waals surface area contributed by atoms with Gasteiger partial charge < -0.3 is 9.15 Å². The maximum atomic E-state index is 11.5. The molecule has 1 saturated heterocycles. The summed E-state index contributed by atoms with van der Waals surface area (Å²) in [7, 11) is 1.25. The van der Waals surface area contributed by atoms with Gasteiger partial charge in [-0.15, -0.1) is 0 Å². The van der Waals surface area contributed by atoms with Gasteiger partial charge in [0, 0.05) is 0 Å². The Balaban J connectivity index is 2.18. The van der Waals surface area contributed by atoms with Gasteiger partial charge in [0.25, 0.3) is 11.8 Å². The monoisotopic (exact) mass is 278 g/mol. The Bertz CT molecular complexity index is 606. The molecule has 0 radical (unpaired) electrons. The zero-order chi connectivity index (χ0) is 14.7. The van der Waals surface area contributed by atoms with Gasteiger partial charge in [-0.1, -0.05) is 0 Å². The molecule has 0 aliphatic carbocycles. The van der Waals surface area contributed by atoms with E-state index in [0.29, 0.717) is 5.76 Å². The van der Waals surface area contributed by atoms with Crippen molar-refractivity contribution >= 4 is 29.9 Å². The fourth-order valence-corrected chi connectivity index (χ4v) is 1.53. The second-order valence-corrected chi connectivity index (χ2v) is 3.85. The molecule has 4 amide bonds. The molecular formula is C12H10N2O6. The number of furan rings is 1. The van der Waals surface area contributed by atoms with Gasteiger partial charge in [0.05, 0.1) is 7.11 Å². The average Bonchev–Trinajstić information content (AvgIpc) is 2.81. The molecule has 0 spiro atoms. The number of methoxy groups -OCH3 is 1. The molecular weight excluding hydrogens is 268 g/mol. The molecule has 1 aromatic rings. The number of carbonyl (C=O) groups excluding carboxylic acids is 4. The molecule has 0 bridgehead atoms. The number of urea groups is 1. The van der Waals surface area contributed by atoms with Crippen molar-refractivity contribution in [2.24, 2.45) is 0 Å². The number of esters is 1. The second-order valence-electron chi connectivity index (χ2n) is 3.85. The lowest BCUT2D eigenvalue weighted by Crippen LogP contribution is -2.51. The Kier molecular flexibility index (Phi) is 3.65. The lowest BCUT2D eigenvalue weighted by molar-refractivity contribution is -0.140. The van der Waals surface area contributed by atoms with Crippen LogP contribution in [0.4, 0.5) is 4.79 Å². The van der Waals surface area contributed by atoms with Crippen LogP contribution in [0.3, 0.4) is 0 Å². The Hall–Kier alpha value is -2.90. The van der Waals surface area contributed by atoms with Crippen molar-refractivity contribution in [2.45, 2.75) is 6.42 Å². The highest BCUT2D eigenvalue weighted by Gasteiger charge is 2.28. The molecule has 0 aromatic carbocycles. The highest BCUT2D eigenvalue weighted by atomic mass is 16.5. The van der Waals surface area contributed by atoms with Crippen LogP contribution in [0.1, 0.15) is 11.5 Å². The topological polar surface area (TPSA) is 115 Å². The van der Waals surface area contributed by atoms with Crippen molar-refractivity contribution in [2.75, 3.05) is 7.11 Å². The minimum Gasteiger partial charge on any atom is -0.469 e. The van der Waals surface area contributed by atoms with Crippen molar-refractivity contribution < 1.29 is 28.3 Å². The summed E-state index contributed by atoms with van der Waals surface area (Å²) in [6.45, 7) is 0. The van der Waals surface area contributed by atoms with E-state index in [1.165, 1.54) is 25.3 Å². The Morgan fingerprint density at radius 3 is 2.50 bits per heavy atom. The van der Waals surface area contributed by atoms with E-state index in [0.717, 1.165) is 0 Å². The van der Waals surface area contributed by atoms with Gasteiger partial charge in [0.15, 0.2) is 0 Å². The molecule has 1 aromatic heterocycles. The predicted octanol–water partition coefficient (Wildman–Crippen LogP) is -0.255. The average molecular weight is 278 g/mol. The van der Waals surface area contributed by atoms with Gasteiger partial charge in [0.1, 0.15) is 23.5 Å². The number of nitrogens with one attached hydrogen (secondary N) is 2. The first kappa shape index (κ1) is 13.5. The molecule has 20 heavy (non-hydrogen) atoms.